The van der Waals surface area contributed by atoms with Crippen LogP contribution >= 0.6 is 11.3 Å². The lowest BCUT2D eigenvalue weighted by atomic mass is 9.79. The second kappa shape index (κ2) is 11.5. The summed E-state index contributed by atoms with van der Waals surface area (Å²) in [6, 6.07) is 11.5. The first kappa shape index (κ1) is 24.2. The molecule has 0 saturated carbocycles. The number of likely N-dealkylation sites (tertiary alicyclic amines) is 1. The molecule has 6 nitrogen and oxygen atoms in total. The van der Waals surface area contributed by atoms with Crippen molar-refractivity contribution in [3.8, 4) is 17.6 Å². The van der Waals surface area contributed by atoms with E-state index in [2.05, 4.69) is 21.7 Å². The number of fused-ring (bicyclic) bond motifs is 1. The maximum Gasteiger partial charge on any atom is 0.303 e. The van der Waals surface area contributed by atoms with Gasteiger partial charge in [0.2, 0.25) is 0 Å². The van der Waals surface area contributed by atoms with Gasteiger partial charge in [0.05, 0.1) is 30.2 Å². The molecule has 0 aliphatic carbocycles. The summed E-state index contributed by atoms with van der Waals surface area (Å²) in [5.41, 5.74) is 1.65. The Morgan fingerprint density at radius 2 is 2.21 bits per heavy atom. The van der Waals surface area contributed by atoms with Crippen LogP contribution in [0.15, 0.2) is 48.0 Å². The number of aliphatic hydroxyl groups is 1. The number of thiophene rings is 1. The quantitative estimate of drug-likeness (QED) is 0.461. The zero-order valence-corrected chi connectivity index (χ0v) is 20.1. The van der Waals surface area contributed by atoms with Gasteiger partial charge in [-0.1, -0.05) is 17.9 Å². The van der Waals surface area contributed by atoms with Crippen LogP contribution in [0, 0.1) is 23.7 Å². The molecule has 0 spiro atoms. The summed E-state index contributed by atoms with van der Waals surface area (Å²) in [5, 5.41) is 23.4. The number of ether oxygens (including phenoxy) is 1. The van der Waals surface area contributed by atoms with Gasteiger partial charge in [-0.25, -0.2) is 0 Å². The number of hydrogen-bond acceptors (Lipinski definition) is 6. The van der Waals surface area contributed by atoms with Crippen LogP contribution in [-0.4, -0.2) is 52.8 Å². The fourth-order valence-corrected chi connectivity index (χ4v) is 5.41. The largest absolute Gasteiger partial charge is 0.497 e. The van der Waals surface area contributed by atoms with Gasteiger partial charge < -0.3 is 14.9 Å². The number of methoxy groups -OCH3 is 1. The van der Waals surface area contributed by atoms with E-state index >= 15 is 0 Å². The van der Waals surface area contributed by atoms with Gasteiger partial charge in [-0.2, -0.15) is 0 Å². The predicted octanol–water partition coefficient (Wildman–Crippen LogP) is 4.58. The van der Waals surface area contributed by atoms with Crippen molar-refractivity contribution in [1.82, 2.24) is 9.88 Å². The van der Waals surface area contributed by atoms with Gasteiger partial charge in [0, 0.05) is 24.5 Å². The molecule has 1 saturated heterocycles. The molecule has 0 bridgehead atoms. The van der Waals surface area contributed by atoms with Crippen LogP contribution in [0.1, 0.15) is 42.2 Å². The van der Waals surface area contributed by atoms with Crippen LogP contribution in [0.5, 0.6) is 5.75 Å². The number of carbonyl (C=O) groups is 1. The number of pyridine rings is 1. The third kappa shape index (κ3) is 6.15. The van der Waals surface area contributed by atoms with Crippen molar-refractivity contribution < 1.29 is 19.7 Å². The molecule has 1 aromatic carbocycles. The smallest absolute Gasteiger partial charge is 0.303 e. The molecular formula is C27H30N2O4S. The SMILES string of the molecule is COc1ccc2nccc([C@H](O)CC[C@@H]3CCN(CC#Cc4cccs4)C[C@@H]3CC(=O)O)c2c1. The number of aliphatic carboxylic acids is 1. The van der Waals surface area contributed by atoms with E-state index in [1.807, 2.05) is 41.8 Å². The lowest BCUT2D eigenvalue weighted by Gasteiger charge is -2.37. The van der Waals surface area contributed by atoms with Crippen molar-refractivity contribution in [2.75, 3.05) is 26.7 Å². The molecule has 1 aliphatic heterocycles. The van der Waals surface area contributed by atoms with Crippen LogP contribution in [0.2, 0.25) is 0 Å². The van der Waals surface area contributed by atoms with Gasteiger partial charge in [0.25, 0.3) is 0 Å². The summed E-state index contributed by atoms with van der Waals surface area (Å²) in [6.07, 6.45) is 3.49. The second-order valence-corrected chi connectivity index (χ2v) is 9.74. The summed E-state index contributed by atoms with van der Waals surface area (Å²) in [7, 11) is 1.62. The molecule has 1 fully saturated rings. The highest BCUT2D eigenvalue weighted by Gasteiger charge is 2.31. The van der Waals surface area contributed by atoms with E-state index in [0.29, 0.717) is 13.0 Å². The second-order valence-electron chi connectivity index (χ2n) is 8.80. The number of nitrogens with zero attached hydrogens (tertiary/aromatic N) is 2. The van der Waals surface area contributed by atoms with E-state index in [1.54, 1.807) is 24.6 Å². The topological polar surface area (TPSA) is 82.9 Å². The summed E-state index contributed by atoms with van der Waals surface area (Å²) in [5.74, 6) is 6.68. The van der Waals surface area contributed by atoms with Crippen molar-refractivity contribution in [2.45, 2.75) is 31.8 Å². The van der Waals surface area contributed by atoms with Crippen molar-refractivity contribution in [3.05, 3.63) is 58.4 Å². The molecule has 0 amide bonds. The Bertz CT molecular complexity index is 1170. The number of carboxylic acid groups (broad SMARTS) is 1. The predicted molar refractivity (Wildman–Crippen MR) is 134 cm³/mol. The third-order valence-corrected chi connectivity index (χ3v) is 7.39. The van der Waals surface area contributed by atoms with Gasteiger partial charge in [0.15, 0.2) is 0 Å². The molecule has 2 aromatic heterocycles. The van der Waals surface area contributed by atoms with Gasteiger partial charge in [-0.05, 0) is 78.9 Å². The van der Waals surface area contributed by atoms with Gasteiger partial charge in [-0.15, -0.1) is 11.3 Å². The van der Waals surface area contributed by atoms with E-state index in [4.69, 9.17) is 4.74 Å². The van der Waals surface area contributed by atoms with E-state index < -0.39 is 12.1 Å². The van der Waals surface area contributed by atoms with Gasteiger partial charge in [-0.3, -0.25) is 14.7 Å². The molecule has 3 heterocycles. The van der Waals surface area contributed by atoms with E-state index in [0.717, 1.165) is 53.0 Å². The van der Waals surface area contributed by atoms with Crippen LogP contribution in [0.25, 0.3) is 10.9 Å². The molecule has 178 valence electrons. The van der Waals surface area contributed by atoms with Crippen LogP contribution < -0.4 is 4.74 Å². The van der Waals surface area contributed by atoms with Crippen molar-refractivity contribution in [1.29, 1.82) is 0 Å². The third-order valence-electron chi connectivity index (χ3n) is 6.60. The summed E-state index contributed by atoms with van der Waals surface area (Å²) >= 11 is 1.62. The lowest BCUT2D eigenvalue weighted by Crippen LogP contribution is -2.41. The highest BCUT2D eigenvalue weighted by molar-refractivity contribution is 7.10. The normalized spacial score (nSPS) is 19.4. The Labute approximate surface area is 204 Å². The summed E-state index contributed by atoms with van der Waals surface area (Å²) in [6.45, 7) is 2.27. The molecule has 0 unspecified atom stereocenters. The zero-order valence-electron chi connectivity index (χ0n) is 19.3. The molecule has 7 heteroatoms. The first-order valence-corrected chi connectivity index (χ1v) is 12.5. The number of aromatic nitrogens is 1. The van der Waals surface area contributed by atoms with E-state index in [9.17, 15) is 15.0 Å². The van der Waals surface area contributed by atoms with Crippen LogP contribution in [-0.2, 0) is 4.79 Å². The molecule has 0 radical (unpaired) electrons. The van der Waals surface area contributed by atoms with E-state index in [-0.39, 0.29) is 18.3 Å². The van der Waals surface area contributed by atoms with Crippen LogP contribution in [0.4, 0.5) is 0 Å². The highest BCUT2D eigenvalue weighted by Crippen LogP contribution is 2.34. The minimum absolute atomic E-state index is 0.0521. The monoisotopic (exact) mass is 478 g/mol. The highest BCUT2D eigenvalue weighted by atomic mass is 32.1. The van der Waals surface area contributed by atoms with Gasteiger partial charge >= 0.3 is 5.97 Å². The molecule has 1 aliphatic rings. The lowest BCUT2D eigenvalue weighted by molar-refractivity contribution is -0.139. The van der Waals surface area contributed by atoms with Crippen molar-refractivity contribution >= 4 is 28.2 Å². The molecular weight excluding hydrogens is 448 g/mol. The number of hydrogen-bond donors (Lipinski definition) is 2. The molecule has 3 atom stereocenters. The molecule has 2 N–H and O–H groups in total. The molecule has 3 aromatic rings. The number of piperidine rings is 1. The fourth-order valence-electron chi connectivity index (χ4n) is 4.81. The van der Waals surface area contributed by atoms with E-state index in [1.165, 1.54) is 0 Å². The average Bonchev–Trinajstić information content (AvgIpc) is 3.36. The van der Waals surface area contributed by atoms with Crippen LogP contribution in [0.3, 0.4) is 0 Å². The van der Waals surface area contributed by atoms with Crippen molar-refractivity contribution in [2.24, 2.45) is 11.8 Å². The van der Waals surface area contributed by atoms with Crippen molar-refractivity contribution in [3.63, 3.8) is 0 Å². The minimum atomic E-state index is -0.769. The summed E-state index contributed by atoms with van der Waals surface area (Å²) < 4.78 is 5.34. The fraction of sp³-hybridized carbons (Fsp3) is 0.407. The number of benzene rings is 1. The number of aliphatic hydroxyl groups excluding tert-OH is 1. The Morgan fingerprint density at radius 1 is 1.32 bits per heavy atom. The standard InChI is InChI=1S/C27H30N2O4S/c1-33-21-7-8-25-24(17-21)23(10-12-28-25)26(30)9-6-19-11-14-29(18-20(19)16-27(31)32)13-2-4-22-5-3-15-34-22/h3,5,7-8,10,12,15,17,19-20,26,30H,6,9,11,13-14,16,18H2,1H3,(H,31,32)/t19-,20+,26-/m1/s1. The Morgan fingerprint density at radius 3 is 2.97 bits per heavy atom. The average molecular weight is 479 g/mol. The Hall–Kier alpha value is -2.92. The van der Waals surface area contributed by atoms with Gasteiger partial charge in [0.1, 0.15) is 5.75 Å². The Balaban J connectivity index is 1.39. The maximum atomic E-state index is 11.5. The first-order chi connectivity index (χ1) is 16.5. The molecule has 4 rings (SSSR count). The minimum Gasteiger partial charge on any atom is -0.497 e. The first-order valence-electron chi connectivity index (χ1n) is 11.6. The number of carboxylic acids is 1. The Kier molecular flexibility index (Phi) is 8.17. The zero-order chi connectivity index (χ0) is 23.9. The molecule has 34 heavy (non-hydrogen) atoms. The number of rotatable bonds is 8. The summed E-state index contributed by atoms with van der Waals surface area (Å²) in [4.78, 5) is 19.2. The maximum absolute atomic E-state index is 11.5.